The van der Waals surface area contributed by atoms with Gasteiger partial charge in [0.1, 0.15) is 11.6 Å². The molecule has 1 unspecified atom stereocenters. The normalized spacial score (nSPS) is 12.4. The Hall–Kier alpha value is -1.88. The maximum atomic E-state index is 13.5. The van der Waals surface area contributed by atoms with E-state index in [1.54, 1.807) is 18.6 Å². The molecule has 1 aromatic heterocycles. The summed E-state index contributed by atoms with van der Waals surface area (Å²) in [7, 11) is 0. The topological polar surface area (TPSA) is 37.8 Å². The van der Waals surface area contributed by atoms with Crippen molar-refractivity contribution in [2.24, 2.45) is 0 Å². The van der Waals surface area contributed by atoms with Gasteiger partial charge in [0.15, 0.2) is 0 Å². The molecule has 0 saturated carbocycles. The largest absolute Gasteiger partial charge is 0.304 e. The summed E-state index contributed by atoms with van der Waals surface area (Å²) in [4.78, 5) is 8.04. The predicted molar refractivity (Wildman–Crippen MR) is 63.6 cm³/mol. The third-order valence-electron chi connectivity index (χ3n) is 2.64. The number of halogens is 2. The zero-order valence-corrected chi connectivity index (χ0v) is 9.90. The van der Waals surface area contributed by atoms with Crippen molar-refractivity contribution >= 4 is 0 Å². The molecular formula is C13H13F2N3. The molecule has 5 heteroatoms. The van der Waals surface area contributed by atoms with Crippen LogP contribution in [0.5, 0.6) is 0 Å². The van der Waals surface area contributed by atoms with Crippen LogP contribution in [0, 0.1) is 11.6 Å². The number of benzene rings is 1. The van der Waals surface area contributed by atoms with Gasteiger partial charge in [0.25, 0.3) is 0 Å². The van der Waals surface area contributed by atoms with Crippen LogP contribution in [0.25, 0.3) is 0 Å². The lowest BCUT2D eigenvalue weighted by Gasteiger charge is -2.14. The SMILES string of the molecule is CC(NCc1cnccn1)c1ccc(F)cc1F. The van der Waals surface area contributed by atoms with Crippen LogP contribution in [0.4, 0.5) is 8.78 Å². The minimum atomic E-state index is -0.572. The van der Waals surface area contributed by atoms with E-state index < -0.39 is 11.6 Å². The van der Waals surface area contributed by atoms with E-state index in [-0.39, 0.29) is 6.04 Å². The first-order chi connectivity index (χ1) is 8.66. The average molecular weight is 249 g/mol. The summed E-state index contributed by atoms with van der Waals surface area (Å²) >= 11 is 0. The Morgan fingerprint density at radius 2 is 2.11 bits per heavy atom. The molecule has 0 bridgehead atoms. The summed E-state index contributed by atoms with van der Waals surface area (Å²) in [6.07, 6.45) is 4.83. The Kier molecular flexibility index (Phi) is 3.94. The standard InChI is InChI=1S/C13H13F2N3/c1-9(12-3-2-10(14)6-13(12)15)18-8-11-7-16-4-5-17-11/h2-7,9,18H,8H2,1H3. The van der Waals surface area contributed by atoms with Crippen LogP contribution < -0.4 is 5.32 Å². The van der Waals surface area contributed by atoms with Gasteiger partial charge in [-0.15, -0.1) is 0 Å². The molecule has 0 spiro atoms. The third kappa shape index (κ3) is 3.07. The van der Waals surface area contributed by atoms with Crippen LogP contribution in [-0.2, 0) is 6.54 Å². The van der Waals surface area contributed by atoms with Crippen LogP contribution >= 0.6 is 0 Å². The minimum Gasteiger partial charge on any atom is -0.304 e. The highest BCUT2D eigenvalue weighted by molar-refractivity contribution is 5.21. The van der Waals surface area contributed by atoms with Crippen LogP contribution in [0.3, 0.4) is 0 Å². The van der Waals surface area contributed by atoms with Gasteiger partial charge in [0.2, 0.25) is 0 Å². The molecule has 0 radical (unpaired) electrons. The molecule has 18 heavy (non-hydrogen) atoms. The van der Waals surface area contributed by atoms with E-state index >= 15 is 0 Å². The van der Waals surface area contributed by atoms with Crippen molar-refractivity contribution < 1.29 is 8.78 Å². The molecule has 0 aliphatic carbocycles. The first kappa shape index (κ1) is 12.6. The second kappa shape index (κ2) is 5.64. The van der Waals surface area contributed by atoms with Crippen molar-refractivity contribution in [3.05, 3.63) is 59.7 Å². The second-order valence-corrected chi connectivity index (χ2v) is 3.97. The van der Waals surface area contributed by atoms with Crippen molar-refractivity contribution in [1.82, 2.24) is 15.3 Å². The smallest absolute Gasteiger partial charge is 0.130 e. The number of hydrogen-bond acceptors (Lipinski definition) is 3. The highest BCUT2D eigenvalue weighted by Crippen LogP contribution is 2.17. The summed E-state index contributed by atoms with van der Waals surface area (Å²) in [6, 6.07) is 3.35. The van der Waals surface area contributed by atoms with Crippen molar-refractivity contribution in [3.63, 3.8) is 0 Å². The van der Waals surface area contributed by atoms with Gasteiger partial charge in [-0.05, 0) is 13.0 Å². The van der Waals surface area contributed by atoms with Gasteiger partial charge in [-0.3, -0.25) is 9.97 Å². The summed E-state index contributed by atoms with van der Waals surface area (Å²) in [5, 5.41) is 3.11. The highest BCUT2D eigenvalue weighted by atomic mass is 19.1. The van der Waals surface area contributed by atoms with Gasteiger partial charge in [-0.1, -0.05) is 6.07 Å². The van der Waals surface area contributed by atoms with E-state index in [0.717, 1.165) is 11.8 Å². The molecule has 0 saturated heterocycles. The zero-order valence-electron chi connectivity index (χ0n) is 9.90. The maximum Gasteiger partial charge on any atom is 0.130 e. The maximum absolute atomic E-state index is 13.5. The number of nitrogens with one attached hydrogen (secondary N) is 1. The number of rotatable bonds is 4. The van der Waals surface area contributed by atoms with Crippen LogP contribution in [0.2, 0.25) is 0 Å². The summed E-state index contributed by atoms with van der Waals surface area (Å²) in [6.45, 7) is 2.29. The van der Waals surface area contributed by atoms with Crippen molar-refractivity contribution in [2.75, 3.05) is 0 Å². The van der Waals surface area contributed by atoms with Gasteiger partial charge in [0, 0.05) is 42.8 Å². The Morgan fingerprint density at radius 3 is 2.78 bits per heavy atom. The van der Waals surface area contributed by atoms with Crippen molar-refractivity contribution in [3.8, 4) is 0 Å². The number of hydrogen-bond donors (Lipinski definition) is 1. The third-order valence-corrected chi connectivity index (χ3v) is 2.64. The fraction of sp³-hybridized carbons (Fsp3) is 0.231. The molecule has 2 rings (SSSR count). The first-order valence-corrected chi connectivity index (χ1v) is 5.60. The van der Waals surface area contributed by atoms with E-state index in [1.807, 2.05) is 6.92 Å². The fourth-order valence-corrected chi connectivity index (χ4v) is 1.64. The van der Waals surface area contributed by atoms with E-state index in [4.69, 9.17) is 0 Å². The lowest BCUT2D eigenvalue weighted by Crippen LogP contribution is -2.19. The lowest BCUT2D eigenvalue weighted by molar-refractivity contribution is 0.514. The van der Waals surface area contributed by atoms with Crippen molar-refractivity contribution in [1.29, 1.82) is 0 Å². The molecule has 0 amide bonds. The van der Waals surface area contributed by atoms with Crippen LogP contribution in [0.15, 0.2) is 36.8 Å². The van der Waals surface area contributed by atoms with Crippen molar-refractivity contribution in [2.45, 2.75) is 19.5 Å². The van der Waals surface area contributed by atoms with Crippen LogP contribution in [0.1, 0.15) is 24.2 Å². The van der Waals surface area contributed by atoms with Gasteiger partial charge < -0.3 is 5.32 Å². The van der Waals surface area contributed by atoms with E-state index in [2.05, 4.69) is 15.3 Å². The molecular weight excluding hydrogens is 236 g/mol. The molecule has 94 valence electrons. The predicted octanol–water partition coefficient (Wildman–Crippen LogP) is 2.61. The van der Waals surface area contributed by atoms with Gasteiger partial charge in [-0.2, -0.15) is 0 Å². The number of aromatic nitrogens is 2. The monoisotopic (exact) mass is 249 g/mol. The Morgan fingerprint density at radius 1 is 1.28 bits per heavy atom. The molecule has 1 heterocycles. The number of nitrogens with zero attached hydrogens (tertiary/aromatic N) is 2. The van der Waals surface area contributed by atoms with E-state index in [0.29, 0.717) is 12.1 Å². The Labute approximate surface area is 104 Å². The highest BCUT2D eigenvalue weighted by Gasteiger charge is 2.11. The Balaban J connectivity index is 2.01. The molecule has 2 aromatic rings. The molecule has 0 aliphatic heterocycles. The Bertz CT molecular complexity index is 517. The van der Waals surface area contributed by atoms with E-state index in [1.165, 1.54) is 12.1 Å². The lowest BCUT2D eigenvalue weighted by atomic mass is 10.1. The second-order valence-electron chi connectivity index (χ2n) is 3.97. The summed E-state index contributed by atoms with van der Waals surface area (Å²) in [5.41, 5.74) is 1.20. The molecule has 3 nitrogen and oxygen atoms in total. The average Bonchev–Trinajstić information content (AvgIpc) is 2.37. The first-order valence-electron chi connectivity index (χ1n) is 5.60. The minimum absolute atomic E-state index is 0.229. The molecule has 0 aliphatic rings. The molecule has 0 fully saturated rings. The summed E-state index contributed by atoms with van der Waals surface area (Å²) < 4.78 is 26.3. The van der Waals surface area contributed by atoms with Gasteiger partial charge in [-0.25, -0.2) is 8.78 Å². The van der Waals surface area contributed by atoms with E-state index in [9.17, 15) is 8.78 Å². The zero-order chi connectivity index (χ0) is 13.0. The molecule has 1 aromatic carbocycles. The van der Waals surface area contributed by atoms with Crippen LogP contribution in [-0.4, -0.2) is 9.97 Å². The quantitative estimate of drug-likeness (QED) is 0.905. The molecule has 1 N–H and O–H groups in total. The fourth-order valence-electron chi connectivity index (χ4n) is 1.64. The molecule has 1 atom stereocenters. The van der Waals surface area contributed by atoms with Gasteiger partial charge in [0.05, 0.1) is 5.69 Å². The van der Waals surface area contributed by atoms with Gasteiger partial charge >= 0.3 is 0 Å². The summed E-state index contributed by atoms with van der Waals surface area (Å²) in [5.74, 6) is -1.12.